The SMILES string of the molecule is CC(CNc1ccnn1C1CNC1)=C1CNC1. The van der Waals surface area contributed by atoms with Crippen molar-refractivity contribution < 1.29 is 0 Å². The first-order valence-electron chi connectivity index (χ1n) is 6.21. The van der Waals surface area contributed by atoms with E-state index < -0.39 is 0 Å². The molecule has 0 aliphatic carbocycles. The molecule has 3 N–H and O–H groups in total. The van der Waals surface area contributed by atoms with Gasteiger partial charge in [-0.1, -0.05) is 5.57 Å². The van der Waals surface area contributed by atoms with E-state index in [-0.39, 0.29) is 0 Å². The molecule has 92 valence electrons. The Hall–Kier alpha value is -1.33. The predicted molar refractivity (Wildman–Crippen MR) is 68.2 cm³/mol. The van der Waals surface area contributed by atoms with E-state index >= 15 is 0 Å². The summed E-state index contributed by atoms with van der Waals surface area (Å²) in [6, 6.07) is 2.57. The average Bonchev–Trinajstić information content (AvgIpc) is 2.57. The van der Waals surface area contributed by atoms with Gasteiger partial charge in [0.15, 0.2) is 0 Å². The zero-order valence-electron chi connectivity index (χ0n) is 10.2. The quantitative estimate of drug-likeness (QED) is 0.657. The fraction of sp³-hybridized carbons (Fsp3) is 0.583. The maximum Gasteiger partial charge on any atom is 0.124 e. The van der Waals surface area contributed by atoms with Gasteiger partial charge >= 0.3 is 0 Å². The molecule has 2 aliphatic heterocycles. The molecule has 0 radical (unpaired) electrons. The summed E-state index contributed by atoms with van der Waals surface area (Å²) in [6.45, 7) is 7.29. The van der Waals surface area contributed by atoms with Crippen LogP contribution in [0.2, 0.25) is 0 Å². The summed E-state index contributed by atoms with van der Waals surface area (Å²) in [7, 11) is 0. The van der Waals surface area contributed by atoms with Crippen LogP contribution < -0.4 is 16.0 Å². The van der Waals surface area contributed by atoms with Crippen molar-refractivity contribution in [2.75, 3.05) is 38.0 Å². The lowest BCUT2D eigenvalue weighted by molar-refractivity contribution is 0.321. The molecule has 5 heteroatoms. The Morgan fingerprint density at radius 3 is 2.88 bits per heavy atom. The van der Waals surface area contributed by atoms with E-state index in [9.17, 15) is 0 Å². The van der Waals surface area contributed by atoms with Crippen LogP contribution >= 0.6 is 0 Å². The highest BCUT2D eigenvalue weighted by molar-refractivity contribution is 5.38. The van der Waals surface area contributed by atoms with Crippen LogP contribution in [-0.4, -0.2) is 42.5 Å². The minimum absolute atomic E-state index is 0.519. The van der Waals surface area contributed by atoms with Gasteiger partial charge in [-0.25, -0.2) is 4.68 Å². The molecule has 0 spiro atoms. The molecule has 1 aromatic rings. The van der Waals surface area contributed by atoms with E-state index in [0.717, 1.165) is 38.5 Å². The Kier molecular flexibility index (Phi) is 2.86. The van der Waals surface area contributed by atoms with Gasteiger partial charge in [0.1, 0.15) is 5.82 Å². The zero-order valence-corrected chi connectivity index (χ0v) is 10.2. The molecule has 17 heavy (non-hydrogen) atoms. The topological polar surface area (TPSA) is 53.9 Å². The molecule has 5 nitrogen and oxygen atoms in total. The van der Waals surface area contributed by atoms with Crippen LogP contribution in [0.25, 0.3) is 0 Å². The van der Waals surface area contributed by atoms with Crippen LogP contribution in [0.4, 0.5) is 5.82 Å². The standard InChI is InChI=1S/C12H19N5/c1-9(10-5-13-6-10)4-15-12-2-3-16-17(12)11-7-14-8-11/h2-3,11,13-15H,4-8H2,1H3. The summed E-state index contributed by atoms with van der Waals surface area (Å²) in [5.41, 5.74) is 2.98. The van der Waals surface area contributed by atoms with Crippen molar-refractivity contribution in [1.29, 1.82) is 0 Å². The second-order valence-corrected chi connectivity index (χ2v) is 4.81. The maximum absolute atomic E-state index is 4.38. The summed E-state index contributed by atoms with van der Waals surface area (Å²) in [4.78, 5) is 0. The summed E-state index contributed by atoms with van der Waals surface area (Å²) < 4.78 is 2.09. The second-order valence-electron chi connectivity index (χ2n) is 4.81. The minimum atomic E-state index is 0.519. The second kappa shape index (κ2) is 4.50. The highest BCUT2D eigenvalue weighted by atomic mass is 15.4. The number of nitrogens with one attached hydrogen (secondary N) is 3. The molecule has 3 heterocycles. The number of hydrogen-bond donors (Lipinski definition) is 3. The third-order valence-corrected chi connectivity index (χ3v) is 3.59. The van der Waals surface area contributed by atoms with Crippen molar-refractivity contribution in [3.05, 3.63) is 23.4 Å². The van der Waals surface area contributed by atoms with Gasteiger partial charge < -0.3 is 16.0 Å². The lowest BCUT2D eigenvalue weighted by Gasteiger charge is -2.29. The van der Waals surface area contributed by atoms with Crippen molar-refractivity contribution >= 4 is 5.82 Å². The molecule has 2 fully saturated rings. The highest BCUT2D eigenvalue weighted by Crippen LogP contribution is 2.18. The first-order chi connectivity index (χ1) is 8.34. The first kappa shape index (κ1) is 10.8. The lowest BCUT2D eigenvalue weighted by Crippen LogP contribution is -2.44. The van der Waals surface area contributed by atoms with Gasteiger partial charge in [-0.15, -0.1) is 0 Å². The third-order valence-electron chi connectivity index (χ3n) is 3.59. The van der Waals surface area contributed by atoms with Crippen LogP contribution in [0.15, 0.2) is 23.4 Å². The molecule has 0 amide bonds. The first-order valence-corrected chi connectivity index (χ1v) is 6.21. The highest BCUT2D eigenvalue weighted by Gasteiger charge is 2.21. The van der Waals surface area contributed by atoms with Crippen molar-refractivity contribution in [1.82, 2.24) is 20.4 Å². The molecule has 0 aromatic carbocycles. The van der Waals surface area contributed by atoms with Gasteiger partial charge in [0.2, 0.25) is 0 Å². The van der Waals surface area contributed by atoms with E-state index in [1.54, 1.807) is 0 Å². The maximum atomic E-state index is 4.38. The van der Waals surface area contributed by atoms with Crippen LogP contribution in [0.5, 0.6) is 0 Å². The van der Waals surface area contributed by atoms with Crippen LogP contribution in [-0.2, 0) is 0 Å². The number of aromatic nitrogens is 2. The molecule has 0 bridgehead atoms. The van der Waals surface area contributed by atoms with E-state index in [0.29, 0.717) is 6.04 Å². The average molecular weight is 233 g/mol. The Labute approximate surface area is 101 Å². The van der Waals surface area contributed by atoms with Gasteiger partial charge in [0.05, 0.1) is 12.2 Å². The van der Waals surface area contributed by atoms with Gasteiger partial charge in [-0.2, -0.15) is 5.10 Å². The fourth-order valence-electron chi connectivity index (χ4n) is 2.09. The normalized spacial score (nSPS) is 19.7. The van der Waals surface area contributed by atoms with Crippen LogP contribution in [0, 0.1) is 0 Å². The zero-order chi connectivity index (χ0) is 11.7. The largest absolute Gasteiger partial charge is 0.367 e. The molecular formula is C12H19N5. The van der Waals surface area contributed by atoms with Crippen molar-refractivity contribution in [2.45, 2.75) is 13.0 Å². The summed E-state index contributed by atoms with van der Waals surface area (Å²) >= 11 is 0. The fourth-order valence-corrected chi connectivity index (χ4v) is 2.09. The molecule has 3 rings (SSSR count). The Bertz CT molecular complexity index is 424. The number of nitrogens with zero attached hydrogens (tertiary/aromatic N) is 2. The molecule has 1 aromatic heterocycles. The molecule has 2 aliphatic rings. The van der Waals surface area contributed by atoms with Gasteiger partial charge in [-0.3, -0.25) is 0 Å². The van der Waals surface area contributed by atoms with Gasteiger partial charge in [0.25, 0.3) is 0 Å². The third kappa shape index (κ3) is 2.08. The molecular weight excluding hydrogens is 214 g/mol. The minimum Gasteiger partial charge on any atom is -0.367 e. The van der Waals surface area contributed by atoms with E-state index in [2.05, 4.69) is 38.7 Å². The Morgan fingerprint density at radius 2 is 2.29 bits per heavy atom. The van der Waals surface area contributed by atoms with E-state index in [1.807, 2.05) is 6.20 Å². The number of anilines is 1. The molecule has 0 saturated carbocycles. The molecule has 0 unspecified atom stereocenters. The Morgan fingerprint density at radius 1 is 1.47 bits per heavy atom. The molecule has 0 atom stereocenters. The monoisotopic (exact) mass is 233 g/mol. The summed E-state index contributed by atoms with van der Waals surface area (Å²) in [6.07, 6.45) is 1.87. The van der Waals surface area contributed by atoms with Gasteiger partial charge in [0, 0.05) is 38.8 Å². The Balaban J connectivity index is 1.62. The molecule has 2 saturated heterocycles. The summed E-state index contributed by atoms with van der Waals surface area (Å²) in [5.74, 6) is 1.13. The van der Waals surface area contributed by atoms with Crippen molar-refractivity contribution in [3.63, 3.8) is 0 Å². The summed E-state index contributed by atoms with van der Waals surface area (Å²) in [5, 5.41) is 14.4. The van der Waals surface area contributed by atoms with Crippen molar-refractivity contribution in [3.8, 4) is 0 Å². The smallest absolute Gasteiger partial charge is 0.124 e. The predicted octanol–water partition coefficient (Wildman–Crippen LogP) is 0.359. The van der Waals surface area contributed by atoms with E-state index in [4.69, 9.17) is 0 Å². The lowest BCUT2D eigenvalue weighted by atomic mass is 10.0. The van der Waals surface area contributed by atoms with Crippen LogP contribution in [0.3, 0.4) is 0 Å². The van der Waals surface area contributed by atoms with E-state index in [1.165, 1.54) is 11.1 Å². The number of hydrogen-bond acceptors (Lipinski definition) is 4. The number of rotatable bonds is 4. The van der Waals surface area contributed by atoms with Crippen molar-refractivity contribution in [2.24, 2.45) is 0 Å². The van der Waals surface area contributed by atoms with Crippen LogP contribution in [0.1, 0.15) is 13.0 Å². The van der Waals surface area contributed by atoms with Gasteiger partial charge in [-0.05, 0) is 12.5 Å².